The highest BCUT2D eigenvalue weighted by Crippen LogP contribution is 2.31. The average molecular weight is 209 g/mol. The zero-order valence-corrected chi connectivity index (χ0v) is 8.08. The molecule has 0 unspecified atom stereocenters. The van der Waals surface area contributed by atoms with E-state index in [9.17, 15) is 14.4 Å². The lowest BCUT2D eigenvalue weighted by molar-refractivity contribution is -0.144. The van der Waals surface area contributed by atoms with E-state index in [1.165, 1.54) is 0 Å². The Morgan fingerprint density at radius 1 is 1.33 bits per heavy atom. The Balaban J connectivity index is 2.43. The highest BCUT2D eigenvalue weighted by Gasteiger charge is 2.37. The van der Waals surface area contributed by atoms with Gasteiger partial charge in [0, 0.05) is 24.1 Å². The van der Waals surface area contributed by atoms with Crippen LogP contribution >= 0.6 is 0 Å². The predicted octanol–water partition coefficient (Wildman–Crippen LogP) is 0.214. The van der Waals surface area contributed by atoms with E-state index in [0.29, 0.717) is 30.5 Å². The van der Waals surface area contributed by atoms with Gasteiger partial charge < -0.3 is 10.4 Å². The molecular weight excluding hydrogens is 198 g/mol. The molecule has 1 heterocycles. The first kappa shape index (κ1) is 9.89. The fourth-order valence-electron chi connectivity index (χ4n) is 2.12. The summed E-state index contributed by atoms with van der Waals surface area (Å²) in [4.78, 5) is 33.7. The number of nitrogens with one attached hydrogen (secondary N) is 1. The first-order valence-corrected chi connectivity index (χ1v) is 4.88. The van der Waals surface area contributed by atoms with Crippen LogP contribution in [0.1, 0.15) is 25.7 Å². The maximum Gasteiger partial charge on any atom is 0.311 e. The van der Waals surface area contributed by atoms with Crippen LogP contribution in [0.15, 0.2) is 11.3 Å². The second kappa shape index (κ2) is 3.49. The number of allylic oxidation sites excluding steroid dienone is 1. The van der Waals surface area contributed by atoms with Crippen LogP contribution in [-0.4, -0.2) is 22.8 Å². The third-order valence-corrected chi connectivity index (χ3v) is 2.78. The predicted molar refractivity (Wildman–Crippen MR) is 49.8 cm³/mol. The highest BCUT2D eigenvalue weighted by molar-refractivity contribution is 6.04. The van der Waals surface area contributed by atoms with E-state index in [1.807, 2.05) is 0 Å². The van der Waals surface area contributed by atoms with Gasteiger partial charge in [-0.05, 0) is 12.8 Å². The van der Waals surface area contributed by atoms with Crippen LogP contribution < -0.4 is 5.32 Å². The molecule has 0 saturated heterocycles. The van der Waals surface area contributed by atoms with Crippen molar-refractivity contribution in [2.24, 2.45) is 5.92 Å². The van der Waals surface area contributed by atoms with Gasteiger partial charge in [0.15, 0.2) is 5.78 Å². The van der Waals surface area contributed by atoms with Gasteiger partial charge in [0.05, 0.1) is 5.92 Å². The topological polar surface area (TPSA) is 83.5 Å². The van der Waals surface area contributed by atoms with Crippen LogP contribution in [0.5, 0.6) is 0 Å². The molecule has 1 aliphatic heterocycles. The smallest absolute Gasteiger partial charge is 0.311 e. The standard InChI is InChI=1S/C10H11NO4/c12-7-3-1-2-6-9(7)5(10(14)15)4-8(13)11-6/h5H,1-4H2,(H,11,13)(H,14,15)/t5-/m0/s1. The summed E-state index contributed by atoms with van der Waals surface area (Å²) in [5.74, 6) is -2.48. The molecule has 15 heavy (non-hydrogen) atoms. The molecule has 0 aromatic heterocycles. The van der Waals surface area contributed by atoms with Crippen LogP contribution in [0.25, 0.3) is 0 Å². The van der Waals surface area contributed by atoms with Crippen LogP contribution in [0, 0.1) is 5.92 Å². The van der Waals surface area contributed by atoms with Crippen molar-refractivity contribution in [3.8, 4) is 0 Å². The molecule has 1 aliphatic carbocycles. The molecule has 2 aliphatic rings. The molecule has 0 aromatic rings. The third kappa shape index (κ3) is 1.65. The van der Waals surface area contributed by atoms with Crippen molar-refractivity contribution in [1.82, 2.24) is 5.32 Å². The molecule has 0 aromatic carbocycles. The van der Waals surface area contributed by atoms with Gasteiger partial charge in [-0.3, -0.25) is 14.4 Å². The van der Waals surface area contributed by atoms with Gasteiger partial charge in [0.2, 0.25) is 5.91 Å². The van der Waals surface area contributed by atoms with E-state index >= 15 is 0 Å². The second-order valence-corrected chi connectivity index (χ2v) is 3.81. The van der Waals surface area contributed by atoms with Crippen molar-refractivity contribution in [1.29, 1.82) is 0 Å². The van der Waals surface area contributed by atoms with E-state index in [0.717, 1.165) is 0 Å². The summed E-state index contributed by atoms with van der Waals surface area (Å²) in [6, 6.07) is 0. The van der Waals surface area contributed by atoms with Crippen LogP contribution in [-0.2, 0) is 14.4 Å². The van der Waals surface area contributed by atoms with Gasteiger partial charge in [-0.25, -0.2) is 0 Å². The molecule has 0 spiro atoms. The van der Waals surface area contributed by atoms with Gasteiger partial charge in [-0.1, -0.05) is 0 Å². The summed E-state index contributed by atoms with van der Waals surface area (Å²) in [5.41, 5.74) is 0.836. The lowest BCUT2D eigenvalue weighted by Gasteiger charge is -2.28. The van der Waals surface area contributed by atoms with E-state index in [4.69, 9.17) is 5.11 Å². The number of hydrogen-bond acceptors (Lipinski definition) is 3. The minimum Gasteiger partial charge on any atom is -0.481 e. The quantitative estimate of drug-likeness (QED) is 0.646. The number of amides is 1. The van der Waals surface area contributed by atoms with Crippen molar-refractivity contribution >= 4 is 17.7 Å². The minimum absolute atomic E-state index is 0.125. The first-order chi connectivity index (χ1) is 7.09. The number of aliphatic carboxylic acids is 1. The normalized spacial score (nSPS) is 26.0. The van der Waals surface area contributed by atoms with Crippen molar-refractivity contribution in [2.75, 3.05) is 0 Å². The Bertz CT molecular complexity index is 383. The molecule has 2 rings (SSSR count). The lowest BCUT2D eigenvalue weighted by Crippen LogP contribution is -2.40. The zero-order chi connectivity index (χ0) is 11.0. The SMILES string of the molecule is O=C1C[C@H](C(=O)O)C2=C(CCCC2=O)N1. The summed E-state index contributed by atoms with van der Waals surface area (Å²) < 4.78 is 0. The van der Waals surface area contributed by atoms with Crippen LogP contribution in [0.2, 0.25) is 0 Å². The Morgan fingerprint density at radius 2 is 2.07 bits per heavy atom. The number of rotatable bonds is 1. The first-order valence-electron chi connectivity index (χ1n) is 4.88. The Kier molecular flexibility index (Phi) is 2.30. The Hall–Kier alpha value is -1.65. The number of carboxylic acid groups (broad SMARTS) is 1. The zero-order valence-electron chi connectivity index (χ0n) is 8.08. The van der Waals surface area contributed by atoms with Gasteiger partial charge in [0.1, 0.15) is 0 Å². The highest BCUT2D eigenvalue weighted by atomic mass is 16.4. The number of carbonyl (C=O) groups excluding carboxylic acids is 2. The van der Waals surface area contributed by atoms with Crippen LogP contribution in [0.3, 0.4) is 0 Å². The molecular formula is C10H11NO4. The molecule has 0 saturated carbocycles. The van der Waals surface area contributed by atoms with Crippen molar-refractivity contribution < 1.29 is 19.5 Å². The number of ketones is 1. The Morgan fingerprint density at radius 3 is 2.73 bits per heavy atom. The Labute approximate surface area is 86.2 Å². The van der Waals surface area contributed by atoms with Crippen molar-refractivity contribution in [3.05, 3.63) is 11.3 Å². The fourth-order valence-corrected chi connectivity index (χ4v) is 2.12. The summed E-state index contributed by atoms with van der Waals surface area (Å²) in [7, 11) is 0. The van der Waals surface area contributed by atoms with E-state index in [2.05, 4.69) is 5.32 Å². The van der Waals surface area contributed by atoms with E-state index in [-0.39, 0.29) is 18.1 Å². The van der Waals surface area contributed by atoms with Gasteiger partial charge >= 0.3 is 5.97 Å². The maximum absolute atomic E-state index is 11.6. The molecule has 80 valence electrons. The minimum atomic E-state index is -1.09. The molecule has 0 bridgehead atoms. The molecule has 0 fully saturated rings. The molecule has 1 amide bonds. The van der Waals surface area contributed by atoms with Crippen molar-refractivity contribution in [2.45, 2.75) is 25.7 Å². The molecule has 2 N–H and O–H groups in total. The number of hydrogen-bond donors (Lipinski definition) is 2. The maximum atomic E-state index is 11.6. The summed E-state index contributed by atoms with van der Waals surface area (Å²) in [6.45, 7) is 0. The van der Waals surface area contributed by atoms with Gasteiger partial charge in [0.25, 0.3) is 0 Å². The number of carbonyl (C=O) groups is 3. The summed E-state index contributed by atoms with van der Waals surface area (Å²) in [6.07, 6.45) is 1.54. The fraction of sp³-hybridized carbons (Fsp3) is 0.500. The van der Waals surface area contributed by atoms with Crippen LogP contribution in [0.4, 0.5) is 0 Å². The van der Waals surface area contributed by atoms with Gasteiger partial charge in [-0.15, -0.1) is 0 Å². The second-order valence-electron chi connectivity index (χ2n) is 3.81. The third-order valence-electron chi connectivity index (χ3n) is 2.78. The number of Topliss-reactive ketones (excluding diaryl/α,β-unsaturated/α-hetero) is 1. The van der Waals surface area contributed by atoms with E-state index < -0.39 is 11.9 Å². The molecule has 0 radical (unpaired) electrons. The molecule has 1 atom stereocenters. The monoisotopic (exact) mass is 209 g/mol. The van der Waals surface area contributed by atoms with Gasteiger partial charge in [-0.2, -0.15) is 0 Å². The lowest BCUT2D eigenvalue weighted by atomic mass is 9.81. The van der Waals surface area contributed by atoms with E-state index in [1.54, 1.807) is 0 Å². The summed E-state index contributed by atoms with van der Waals surface area (Å²) in [5, 5.41) is 11.5. The number of carboxylic acids is 1. The largest absolute Gasteiger partial charge is 0.481 e. The molecule has 5 nitrogen and oxygen atoms in total. The van der Waals surface area contributed by atoms with Crippen molar-refractivity contribution in [3.63, 3.8) is 0 Å². The average Bonchev–Trinajstić information content (AvgIpc) is 2.16. The molecule has 5 heteroatoms. The summed E-state index contributed by atoms with van der Waals surface area (Å²) >= 11 is 0.